The number of hydrogen-bond donors (Lipinski definition) is 0. The molecule has 7 aromatic carbocycles. The number of fused-ring (bicyclic) bond motifs is 3. The number of nitrogens with zero attached hydrogens (tertiary/aromatic N) is 3. The summed E-state index contributed by atoms with van der Waals surface area (Å²) < 4.78 is 38.0. The topological polar surface area (TPSA) is 51.8 Å². The molecule has 322 valence electrons. The van der Waals surface area contributed by atoms with Crippen molar-refractivity contribution < 1.29 is 13.2 Å². The number of aryl methyl sites for hydroxylation is 4. The lowest BCUT2D eigenvalue weighted by Gasteiger charge is -2.18. The second-order valence-corrected chi connectivity index (χ2v) is 16.9. The summed E-state index contributed by atoms with van der Waals surface area (Å²) in [5, 5.41) is 1.05. The lowest BCUT2D eigenvalue weighted by Crippen LogP contribution is -1.99. The van der Waals surface area contributed by atoms with Gasteiger partial charge in [0.25, 0.3) is 0 Å². The number of rotatable bonds is 12. The standard InChI is InChI=1S/C61H43F2N3O/c62-55-22-12-21-51-52-30-29-50(59(63)61(52)67-60(51)55)53-36-58(46-17-8-3-9-18-46)66-39-54(53)49-20-11-10-19-48(49)47-34-42(25-23-40-27-31-56(64-37-40)44-13-4-1-5-14-44)33-43(35-47)26-24-41-28-32-57(65-38-41)45-15-6-2-7-16-45/h1-22,27-39H,23-26H2. The van der Waals surface area contributed by atoms with Crippen LogP contribution in [0.4, 0.5) is 8.78 Å². The van der Waals surface area contributed by atoms with E-state index in [-0.39, 0.29) is 11.2 Å². The van der Waals surface area contributed by atoms with E-state index in [2.05, 4.69) is 78.9 Å². The molecule has 0 aliphatic rings. The third kappa shape index (κ3) is 8.53. The van der Waals surface area contributed by atoms with Gasteiger partial charge in [0, 0.05) is 57.2 Å². The second-order valence-electron chi connectivity index (χ2n) is 16.9. The molecule has 4 heterocycles. The van der Waals surface area contributed by atoms with E-state index in [4.69, 9.17) is 19.4 Å². The van der Waals surface area contributed by atoms with Crippen molar-refractivity contribution in [2.75, 3.05) is 0 Å². The van der Waals surface area contributed by atoms with Crippen LogP contribution in [0.3, 0.4) is 0 Å². The minimum atomic E-state index is -0.557. The van der Waals surface area contributed by atoms with Gasteiger partial charge in [0.1, 0.15) is 0 Å². The first-order chi connectivity index (χ1) is 33.0. The second kappa shape index (κ2) is 18.3. The third-order valence-electron chi connectivity index (χ3n) is 12.6. The van der Waals surface area contributed by atoms with Crippen molar-refractivity contribution in [2.45, 2.75) is 25.7 Å². The number of para-hydroxylation sites is 1. The van der Waals surface area contributed by atoms with Crippen molar-refractivity contribution >= 4 is 21.9 Å². The summed E-state index contributed by atoms with van der Waals surface area (Å²) in [6, 6.07) is 64.3. The zero-order valence-electron chi connectivity index (χ0n) is 36.5. The van der Waals surface area contributed by atoms with Crippen LogP contribution in [0.5, 0.6) is 0 Å². The fraction of sp³-hybridized carbons (Fsp3) is 0.0656. The minimum Gasteiger partial charge on any atom is -0.450 e. The summed E-state index contributed by atoms with van der Waals surface area (Å²) in [6.45, 7) is 0. The van der Waals surface area contributed by atoms with E-state index in [1.165, 1.54) is 17.2 Å². The number of hydrogen-bond acceptors (Lipinski definition) is 4. The molecule has 11 rings (SSSR count). The normalized spacial score (nSPS) is 11.4. The minimum absolute atomic E-state index is 0.0158. The average molecular weight is 872 g/mol. The third-order valence-corrected chi connectivity index (χ3v) is 12.6. The Kier molecular flexibility index (Phi) is 11.3. The van der Waals surface area contributed by atoms with Crippen molar-refractivity contribution in [1.82, 2.24) is 15.0 Å². The van der Waals surface area contributed by atoms with E-state index >= 15 is 4.39 Å². The number of benzene rings is 7. The van der Waals surface area contributed by atoms with E-state index < -0.39 is 11.6 Å². The average Bonchev–Trinajstić information content (AvgIpc) is 3.79. The molecule has 67 heavy (non-hydrogen) atoms. The molecule has 0 amide bonds. The highest BCUT2D eigenvalue weighted by atomic mass is 19.1. The van der Waals surface area contributed by atoms with Gasteiger partial charge >= 0.3 is 0 Å². The molecule has 4 aromatic heterocycles. The number of furan rings is 1. The summed E-state index contributed by atoms with van der Waals surface area (Å²) in [5.74, 6) is -1.09. The Balaban J connectivity index is 0.991. The molecule has 0 radical (unpaired) electrons. The Morgan fingerprint density at radius 2 is 0.851 bits per heavy atom. The van der Waals surface area contributed by atoms with E-state index in [1.54, 1.807) is 18.2 Å². The maximum atomic E-state index is 17.1. The van der Waals surface area contributed by atoms with Crippen LogP contribution in [0.25, 0.3) is 89.1 Å². The first-order valence-corrected chi connectivity index (χ1v) is 22.6. The van der Waals surface area contributed by atoms with Crippen molar-refractivity contribution in [1.29, 1.82) is 0 Å². The molecule has 0 saturated carbocycles. The van der Waals surface area contributed by atoms with Crippen LogP contribution in [0.15, 0.2) is 217 Å². The van der Waals surface area contributed by atoms with Gasteiger partial charge < -0.3 is 4.42 Å². The zero-order chi connectivity index (χ0) is 45.1. The summed E-state index contributed by atoms with van der Waals surface area (Å²) in [7, 11) is 0. The smallest absolute Gasteiger partial charge is 0.174 e. The van der Waals surface area contributed by atoms with Crippen molar-refractivity contribution in [3.8, 4) is 67.2 Å². The SMILES string of the molecule is Fc1cccc2c1oc1c(F)c(-c3cc(-c4ccccc4)ncc3-c3ccccc3-c3cc(CCc4ccc(-c5ccccc5)nc4)cc(CCc4ccc(-c5ccccc5)nc4)c3)ccc12. The molecule has 11 aromatic rings. The first kappa shape index (κ1) is 41.4. The summed E-state index contributed by atoms with van der Waals surface area (Å²) in [6.07, 6.45) is 9.08. The molecule has 0 spiro atoms. The lowest BCUT2D eigenvalue weighted by molar-refractivity contribution is 0.559. The Hall–Kier alpha value is -8.35. The van der Waals surface area contributed by atoms with Crippen LogP contribution in [0.1, 0.15) is 22.3 Å². The Labute approximate surface area is 387 Å². The van der Waals surface area contributed by atoms with E-state index in [9.17, 15) is 4.39 Å². The molecule has 0 fully saturated rings. The van der Waals surface area contributed by atoms with Gasteiger partial charge in [-0.2, -0.15) is 0 Å². The van der Waals surface area contributed by atoms with E-state index in [1.807, 2.05) is 110 Å². The quantitative estimate of drug-likeness (QED) is 0.123. The first-order valence-electron chi connectivity index (χ1n) is 22.6. The van der Waals surface area contributed by atoms with Gasteiger partial charge in [0.2, 0.25) is 0 Å². The molecule has 0 aliphatic carbocycles. The number of pyridine rings is 3. The van der Waals surface area contributed by atoms with Gasteiger partial charge in [-0.05, 0) is 101 Å². The predicted molar refractivity (Wildman–Crippen MR) is 267 cm³/mol. The molecular weight excluding hydrogens is 829 g/mol. The summed E-state index contributed by atoms with van der Waals surface area (Å²) in [5.41, 5.74) is 15.2. The maximum absolute atomic E-state index is 17.1. The highest BCUT2D eigenvalue weighted by molar-refractivity contribution is 6.07. The molecule has 0 N–H and O–H groups in total. The fourth-order valence-corrected chi connectivity index (χ4v) is 9.12. The summed E-state index contributed by atoms with van der Waals surface area (Å²) >= 11 is 0. The van der Waals surface area contributed by atoms with Gasteiger partial charge in [0.05, 0.1) is 17.1 Å². The van der Waals surface area contributed by atoms with Gasteiger partial charge in [-0.3, -0.25) is 15.0 Å². The van der Waals surface area contributed by atoms with Gasteiger partial charge in [-0.1, -0.05) is 164 Å². The molecule has 6 heteroatoms. The van der Waals surface area contributed by atoms with E-state index in [0.29, 0.717) is 27.6 Å². The molecule has 0 atom stereocenters. The Morgan fingerprint density at radius 3 is 1.43 bits per heavy atom. The molecule has 4 nitrogen and oxygen atoms in total. The van der Waals surface area contributed by atoms with Crippen LogP contribution in [-0.4, -0.2) is 15.0 Å². The zero-order valence-corrected chi connectivity index (χ0v) is 36.5. The monoisotopic (exact) mass is 871 g/mol. The van der Waals surface area contributed by atoms with Crippen molar-refractivity contribution in [3.63, 3.8) is 0 Å². The van der Waals surface area contributed by atoms with E-state index in [0.717, 1.165) is 87.1 Å². The highest BCUT2D eigenvalue weighted by Crippen LogP contribution is 2.43. The van der Waals surface area contributed by atoms with Crippen LogP contribution < -0.4 is 0 Å². The van der Waals surface area contributed by atoms with Crippen molar-refractivity contribution in [3.05, 3.63) is 247 Å². The highest BCUT2D eigenvalue weighted by Gasteiger charge is 2.22. The lowest BCUT2D eigenvalue weighted by atomic mass is 9.87. The molecule has 0 unspecified atom stereocenters. The molecule has 0 bridgehead atoms. The Bertz CT molecular complexity index is 3410. The largest absolute Gasteiger partial charge is 0.450 e. The van der Waals surface area contributed by atoms with Crippen LogP contribution in [0.2, 0.25) is 0 Å². The fourth-order valence-electron chi connectivity index (χ4n) is 9.12. The Morgan fingerprint density at radius 1 is 0.328 bits per heavy atom. The maximum Gasteiger partial charge on any atom is 0.174 e. The van der Waals surface area contributed by atoms with Crippen LogP contribution in [0, 0.1) is 11.6 Å². The van der Waals surface area contributed by atoms with Crippen LogP contribution in [-0.2, 0) is 25.7 Å². The molecule has 0 saturated heterocycles. The van der Waals surface area contributed by atoms with Gasteiger partial charge in [-0.25, -0.2) is 8.78 Å². The predicted octanol–water partition coefficient (Wildman–Crippen LogP) is 15.6. The van der Waals surface area contributed by atoms with Gasteiger partial charge in [-0.15, -0.1) is 0 Å². The number of aromatic nitrogens is 3. The van der Waals surface area contributed by atoms with Gasteiger partial charge in [0.15, 0.2) is 22.8 Å². The van der Waals surface area contributed by atoms with Crippen LogP contribution >= 0.6 is 0 Å². The molecular formula is C61H43F2N3O. The summed E-state index contributed by atoms with van der Waals surface area (Å²) in [4.78, 5) is 14.6. The number of halogens is 2. The molecule has 0 aliphatic heterocycles. The van der Waals surface area contributed by atoms with Crippen molar-refractivity contribution in [2.24, 2.45) is 0 Å².